The van der Waals surface area contributed by atoms with Crippen LogP contribution in [0.25, 0.3) is 0 Å². The monoisotopic (exact) mass is 434 g/mol. The van der Waals surface area contributed by atoms with E-state index in [1.54, 1.807) is 4.90 Å². The molecule has 0 saturated heterocycles. The first-order valence-electron chi connectivity index (χ1n) is 12.3. The summed E-state index contributed by atoms with van der Waals surface area (Å²) >= 11 is 0. The summed E-state index contributed by atoms with van der Waals surface area (Å²) < 4.78 is 0. The maximum absolute atomic E-state index is 13.3. The topological polar surface area (TPSA) is 40.6 Å². The average Bonchev–Trinajstić information content (AvgIpc) is 2.82. The summed E-state index contributed by atoms with van der Waals surface area (Å²) in [7, 11) is 0. The molecule has 32 heavy (non-hydrogen) atoms. The third kappa shape index (κ3) is 5.99. The smallest absolute Gasteiger partial charge is 0.254 e. The van der Waals surface area contributed by atoms with E-state index in [0.717, 1.165) is 44.9 Å². The van der Waals surface area contributed by atoms with Crippen LogP contribution in [0.5, 0.6) is 0 Å². The van der Waals surface area contributed by atoms with Gasteiger partial charge in [0, 0.05) is 18.7 Å². The molecule has 0 aliphatic carbocycles. The summed E-state index contributed by atoms with van der Waals surface area (Å²) in [5.74, 6) is -0.00188. The van der Waals surface area contributed by atoms with Crippen molar-refractivity contribution in [2.24, 2.45) is 0 Å². The van der Waals surface area contributed by atoms with Crippen LogP contribution in [0.2, 0.25) is 0 Å². The van der Waals surface area contributed by atoms with E-state index in [1.807, 2.05) is 23.1 Å². The summed E-state index contributed by atoms with van der Waals surface area (Å²) in [6, 6.07) is 16.4. The van der Waals surface area contributed by atoms with E-state index in [1.165, 1.54) is 16.7 Å². The highest BCUT2D eigenvalue weighted by atomic mass is 16.2. The van der Waals surface area contributed by atoms with Crippen LogP contribution in [0.4, 0.5) is 0 Å². The van der Waals surface area contributed by atoms with Crippen molar-refractivity contribution in [3.05, 3.63) is 70.8 Å². The molecular formula is C28H38N2O2. The molecular weight excluding hydrogens is 396 g/mol. The second-order valence-corrected chi connectivity index (χ2v) is 8.95. The minimum Gasteiger partial charge on any atom is -0.334 e. The maximum atomic E-state index is 13.3. The van der Waals surface area contributed by atoms with Gasteiger partial charge in [0.15, 0.2) is 0 Å². The molecule has 0 bridgehead atoms. The van der Waals surface area contributed by atoms with E-state index in [2.05, 4.69) is 51.1 Å². The number of nitrogens with zero attached hydrogens (tertiary/aromatic N) is 2. The van der Waals surface area contributed by atoms with Gasteiger partial charge in [-0.25, -0.2) is 0 Å². The van der Waals surface area contributed by atoms with Crippen molar-refractivity contribution >= 4 is 11.8 Å². The van der Waals surface area contributed by atoms with Gasteiger partial charge in [0.05, 0.1) is 6.04 Å². The largest absolute Gasteiger partial charge is 0.334 e. The zero-order valence-electron chi connectivity index (χ0n) is 20.0. The zero-order chi connectivity index (χ0) is 22.9. The molecule has 0 N–H and O–H groups in total. The van der Waals surface area contributed by atoms with Crippen molar-refractivity contribution in [1.82, 2.24) is 9.80 Å². The SMILES string of the molecule is CCCCCN(CC(=O)N1CCc2ccccc2[C@H]1C)C(=O)c1ccc(CCCC)cc1. The van der Waals surface area contributed by atoms with Gasteiger partial charge in [-0.3, -0.25) is 9.59 Å². The third-order valence-electron chi connectivity index (χ3n) is 6.58. The van der Waals surface area contributed by atoms with E-state index in [9.17, 15) is 9.59 Å². The Hall–Kier alpha value is -2.62. The van der Waals surface area contributed by atoms with Gasteiger partial charge in [-0.05, 0) is 61.4 Å². The van der Waals surface area contributed by atoms with Gasteiger partial charge in [0.2, 0.25) is 5.91 Å². The van der Waals surface area contributed by atoms with Crippen LogP contribution < -0.4 is 0 Å². The summed E-state index contributed by atoms with van der Waals surface area (Å²) in [6.45, 7) is 7.90. The fourth-order valence-electron chi connectivity index (χ4n) is 4.55. The van der Waals surface area contributed by atoms with E-state index in [0.29, 0.717) is 18.7 Å². The maximum Gasteiger partial charge on any atom is 0.254 e. The number of fused-ring (bicyclic) bond motifs is 1. The molecule has 0 radical (unpaired) electrons. The number of carbonyl (C=O) groups is 2. The quantitative estimate of drug-likeness (QED) is 0.443. The lowest BCUT2D eigenvalue weighted by Gasteiger charge is -2.36. The second-order valence-electron chi connectivity index (χ2n) is 8.95. The summed E-state index contributed by atoms with van der Waals surface area (Å²) in [4.78, 5) is 30.3. The molecule has 0 fully saturated rings. The lowest BCUT2D eigenvalue weighted by Crippen LogP contribution is -2.46. The number of carbonyl (C=O) groups excluding carboxylic acids is 2. The molecule has 0 spiro atoms. The van der Waals surface area contributed by atoms with Gasteiger partial charge in [-0.2, -0.15) is 0 Å². The first-order valence-corrected chi connectivity index (χ1v) is 12.3. The highest BCUT2D eigenvalue weighted by molar-refractivity contribution is 5.96. The molecule has 2 amide bonds. The lowest BCUT2D eigenvalue weighted by molar-refractivity contribution is -0.134. The van der Waals surface area contributed by atoms with Crippen molar-refractivity contribution in [1.29, 1.82) is 0 Å². The Kier molecular flexibility index (Phi) is 8.90. The van der Waals surface area contributed by atoms with Crippen molar-refractivity contribution in [3.63, 3.8) is 0 Å². The summed E-state index contributed by atoms with van der Waals surface area (Å²) in [6.07, 6.45) is 7.29. The molecule has 1 aliphatic rings. The molecule has 172 valence electrons. The highest BCUT2D eigenvalue weighted by Crippen LogP contribution is 2.29. The van der Waals surface area contributed by atoms with Crippen molar-refractivity contribution in [3.8, 4) is 0 Å². The highest BCUT2D eigenvalue weighted by Gasteiger charge is 2.29. The molecule has 4 nitrogen and oxygen atoms in total. The number of aryl methyl sites for hydroxylation is 1. The van der Waals surface area contributed by atoms with Gasteiger partial charge >= 0.3 is 0 Å². The lowest BCUT2D eigenvalue weighted by atomic mass is 9.93. The van der Waals surface area contributed by atoms with Crippen LogP contribution >= 0.6 is 0 Å². The minimum absolute atomic E-state index is 0.0383. The Morgan fingerprint density at radius 3 is 2.41 bits per heavy atom. The van der Waals surface area contributed by atoms with Gasteiger partial charge in [-0.1, -0.05) is 69.5 Å². The molecule has 3 rings (SSSR count). The molecule has 0 aromatic heterocycles. The van der Waals surface area contributed by atoms with E-state index in [4.69, 9.17) is 0 Å². The van der Waals surface area contributed by atoms with Crippen LogP contribution in [-0.2, 0) is 17.6 Å². The number of unbranched alkanes of at least 4 members (excludes halogenated alkanes) is 3. The Bertz CT molecular complexity index is 891. The summed E-state index contributed by atoms with van der Waals surface area (Å²) in [5, 5.41) is 0. The fourth-order valence-corrected chi connectivity index (χ4v) is 4.55. The van der Waals surface area contributed by atoms with Crippen LogP contribution in [0.3, 0.4) is 0 Å². The predicted octanol–water partition coefficient (Wildman–Crippen LogP) is 5.81. The van der Waals surface area contributed by atoms with Crippen LogP contribution in [0.1, 0.15) is 86.0 Å². The molecule has 2 aromatic rings. The molecule has 1 heterocycles. The van der Waals surface area contributed by atoms with Crippen LogP contribution in [-0.4, -0.2) is 41.2 Å². The zero-order valence-corrected chi connectivity index (χ0v) is 20.0. The molecule has 0 saturated carbocycles. The number of amides is 2. The number of rotatable bonds is 10. The van der Waals surface area contributed by atoms with Gasteiger partial charge < -0.3 is 9.80 Å². The van der Waals surface area contributed by atoms with E-state index in [-0.39, 0.29) is 24.4 Å². The first-order chi connectivity index (χ1) is 15.5. The third-order valence-corrected chi connectivity index (χ3v) is 6.58. The Labute approximate surface area is 193 Å². The number of hydrogen-bond donors (Lipinski definition) is 0. The van der Waals surface area contributed by atoms with Crippen LogP contribution in [0, 0.1) is 0 Å². The van der Waals surface area contributed by atoms with E-state index < -0.39 is 0 Å². The van der Waals surface area contributed by atoms with Gasteiger partial charge in [-0.15, -0.1) is 0 Å². The fraction of sp³-hybridized carbons (Fsp3) is 0.500. The molecule has 0 unspecified atom stereocenters. The Morgan fingerprint density at radius 2 is 1.69 bits per heavy atom. The second kappa shape index (κ2) is 11.8. The number of hydrogen-bond acceptors (Lipinski definition) is 2. The molecule has 1 atom stereocenters. The van der Waals surface area contributed by atoms with E-state index >= 15 is 0 Å². The predicted molar refractivity (Wildman–Crippen MR) is 131 cm³/mol. The van der Waals surface area contributed by atoms with Crippen molar-refractivity contribution in [2.75, 3.05) is 19.6 Å². The van der Waals surface area contributed by atoms with Crippen molar-refractivity contribution < 1.29 is 9.59 Å². The molecule has 2 aromatic carbocycles. The molecule has 4 heteroatoms. The molecule has 1 aliphatic heterocycles. The summed E-state index contributed by atoms with van der Waals surface area (Å²) in [5.41, 5.74) is 4.48. The Morgan fingerprint density at radius 1 is 0.969 bits per heavy atom. The standard InChI is InChI=1S/C28H38N2O2/c1-4-6-10-19-29(28(32)25-16-14-23(15-17-25)11-7-5-2)21-27(31)30-20-18-24-12-8-9-13-26(24)22(30)3/h8-9,12-17,22H,4-7,10-11,18-21H2,1-3H3/t22-/m1/s1. The van der Waals surface area contributed by atoms with Crippen LogP contribution in [0.15, 0.2) is 48.5 Å². The number of benzene rings is 2. The van der Waals surface area contributed by atoms with Gasteiger partial charge in [0.1, 0.15) is 6.54 Å². The van der Waals surface area contributed by atoms with Crippen molar-refractivity contribution in [2.45, 2.75) is 71.8 Å². The average molecular weight is 435 g/mol. The Balaban J connectivity index is 1.71. The normalized spacial score (nSPS) is 15.3. The first kappa shape index (κ1) is 24.0. The minimum atomic E-state index is -0.0402. The van der Waals surface area contributed by atoms with Gasteiger partial charge in [0.25, 0.3) is 5.91 Å².